The van der Waals surface area contributed by atoms with Crippen molar-refractivity contribution in [2.24, 2.45) is 0 Å². The van der Waals surface area contributed by atoms with Crippen LogP contribution in [0, 0.1) is 6.92 Å². The van der Waals surface area contributed by atoms with E-state index in [1.165, 1.54) is 18.4 Å². The summed E-state index contributed by atoms with van der Waals surface area (Å²) in [5.41, 5.74) is 7.30. The van der Waals surface area contributed by atoms with Gasteiger partial charge in [-0.05, 0) is 66.5 Å². The predicted octanol–water partition coefficient (Wildman–Crippen LogP) is 4.64. The number of Topliss-reactive ketones (excluding diaryl/α,β-unsaturated/α-hetero) is 1. The van der Waals surface area contributed by atoms with Gasteiger partial charge >= 0.3 is 0 Å². The van der Waals surface area contributed by atoms with Crippen LogP contribution in [0.4, 0.5) is 17.5 Å². The number of carbonyl (C=O) groups excluding carboxylic acids is 1. The summed E-state index contributed by atoms with van der Waals surface area (Å²) in [5.74, 6) is 2.12. The molecule has 2 aliphatic rings. The van der Waals surface area contributed by atoms with Gasteiger partial charge in [-0.15, -0.1) is 0 Å². The topological polar surface area (TPSA) is 79.8 Å². The maximum Gasteiger partial charge on any atom is 0.228 e. The Morgan fingerprint density at radius 3 is 2.48 bits per heavy atom. The molecule has 3 aromatic rings. The van der Waals surface area contributed by atoms with Crippen LogP contribution in [-0.2, 0) is 6.42 Å². The molecular formula is C23H23N5O. The maximum atomic E-state index is 12.4. The standard InChI is InChI=1S/C23H23N5O/c1-13-9-21(28-23-26-10-15(11-27-23)14-3-4-14)25-12-18(13)16-5-7-19(24-2)22-17(16)6-8-20(22)29/h5,7,9-12,14,24H,3-4,6,8H2,1-2H3,(H,25,26,27,28). The van der Waals surface area contributed by atoms with Gasteiger partial charge in [-0.1, -0.05) is 6.07 Å². The zero-order chi connectivity index (χ0) is 20.0. The summed E-state index contributed by atoms with van der Waals surface area (Å²) in [6.45, 7) is 2.06. The number of hydrogen-bond donors (Lipinski definition) is 2. The number of ketones is 1. The van der Waals surface area contributed by atoms with Crippen LogP contribution in [0.3, 0.4) is 0 Å². The summed E-state index contributed by atoms with van der Waals surface area (Å²) in [7, 11) is 1.85. The van der Waals surface area contributed by atoms with Gasteiger partial charge in [0.15, 0.2) is 5.78 Å². The molecule has 0 spiro atoms. The Bertz CT molecular complexity index is 1100. The Balaban J connectivity index is 1.44. The predicted molar refractivity (Wildman–Crippen MR) is 114 cm³/mol. The molecule has 1 aromatic carbocycles. The largest absolute Gasteiger partial charge is 0.388 e. The Morgan fingerprint density at radius 1 is 1.00 bits per heavy atom. The highest BCUT2D eigenvalue weighted by molar-refractivity contribution is 6.07. The number of benzene rings is 1. The van der Waals surface area contributed by atoms with Crippen molar-refractivity contribution in [2.75, 3.05) is 17.7 Å². The molecule has 0 aliphatic heterocycles. The van der Waals surface area contributed by atoms with Crippen molar-refractivity contribution in [3.8, 4) is 11.1 Å². The van der Waals surface area contributed by atoms with E-state index >= 15 is 0 Å². The number of nitrogens with zero attached hydrogens (tertiary/aromatic N) is 3. The van der Waals surface area contributed by atoms with Crippen molar-refractivity contribution >= 4 is 23.2 Å². The molecule has 6 heteroatoms. The molecule has 5 rings (SSSR count). The molecule has 1 fully saturated rings. The Hall–Kier alpha value is -3.28. The van der Waals surface area contributed by atoms with Gasteiger partial charge in [0, 0.05) is 48.9 Å². The van der Waals surface area contributed by atoms with E-state index in [4.69, 9.17) is 0 Å². The summed E-state index contributed by atoms with van der Waals surface area (Å²) in [5, 5.41) is 6.33. The first kappa shape index (κ1) is 17.8. The number of anilines is 3. The zero-order valence-electron chi connectivity index (χ0n) is 16.6. The van der Waals surface area contributed by atoms with E-state index in [0.29, 0.717) is 24.1 Å². The Labute approximate surface area is 169 Å². The number of aryl methyl sites for hydroxylation is 1. The van der Waals surface area contributed by atoms with E-state index in [1.807, 2.05) is 37.8 Å². The van der Waals surface area contributed by atoms with Crippen molar-refractivity contribution in [2.45, 2.75) is 38.5 Å². The minimum absolute atomic E-state index is 0.210. The number of fused-ring (bicyclic) bond motifs is 1. The van der Waals surface area contributed by atoms with Gasteiger partial charge in [0.05, 0.1) is 0 Å². The van der Waals surface area contributed by atoms with E-state index in [-0.39, 0.29) is 5.78 Å². The van der Waals surface area contributed by atoms with Crippen molar-refractivity contribution in [1.29, 1.82) is 0 Å². The van der Waals surface area contributed by atoms with Crippen LogP contribution >= 0.6 is 0 Å². The molecule has 0 radical (unpaired) electrons. The molecule has 1 saturated carbocycles. The van der Waals surface area contributed by atoms with Crippen molar-refractivity contribution < 1.29 is 4.79 Å². The van der Waals surface area contributed by atoms with Crippen molar-refractivity contribution in [3.05, 3.63) is 59.0 Å². The van der Waals surface area contributed by atoms with Gasteiger partial charge in [0.1, 0.15) is 5.82 Å². The highest BCUT2D eigenvalue weighted by Crippen LogP contribution is 2.40. The lowest BCUT2D eigenvalue weighted by molar-refractivity contribution is 0.0995. The van der Waals surface area contributed by atoms with Gasteiger partial charge in [0.2, 0.25) is 5.95 Å². The van der Waals surface area contributed by atoms with Crippen LogP contribution in [0.1, 0.15) is 52.2 Å². The minimum Gasteiger partial charge on any atom is -0.388 e. The van der Waals surface area contributed by atoms with E-state index in [1.54, 1.807) is 0 Å². The molecule has 0 amide bonds. The van der Waals surface area contributed by atoms with E-state index < -0.39 is 0 Å². The number of pyridine rings is 1. The highest BCUT2D eigenvalue weighted by Gasteiger charge is 2.26. The number of nitrogens with one attached hydrogen (secondary N) is 2. The maximum absolute atomic E-state index is 12.4. The molecule has 0 unspecified atom stereocenters. The monoisotopic (exact) mass is 385 g/mol. The van der Waals surface area contributed by atoms with E-state index in [9.17, 15) is 4.79 Å². The second-order valence-corrected chi connectivity index (χ2v) is 7.81. The van der Waals surface area contributed by atoms with Gasteiger partial charge in [-0.3, -0.25) is 4.79 Å². The lowest BCUT2D eigenvalue weighted by Gasteiger charge is -2.15. The van der Waals surface area contributed by atoms with Crippen LogP contribution in [0.5, 0.6) is 0 Å². The van der Waals surface area contributed by atoms with Crippen molar-refractivity contribution in [3.63, 3.8) is 0 Å². The summed E-state index contributed by atoms with van der Waals surface area (Å²) in [6, 6.07) is 6.07. The fourth-order valence-electron chi connectivity index (χ4n) is 4.10. The molecule has 29 heavy (non-hydrogen) atoms. The van der Waals surface area contributed by atoms with Gasteiger partial charge in [-0.2, -0.15) is 0 Å². The minimum atomic E-state index is 0.210. The Kier molecular flexibility index (Phi) is 4.27. The summed E-state index contributed by atoms with van der Waals surface area (Å²) in [6.07, 6.45) is 9.50. The van der Waals surface area contributed by atoms with Crippen molar-refractivity contribution in [1.82, 2.24) is 15.0 Å². The number of rotatable bonds is 5. The van der Waals surface area contributed by atoms with E-state index in [2.05, 4.69) is 38.6 Å². The lowest BCUT2D eigenvalue weighted by atomic mass is 9.94. The lowest BCUT2D eigenvalue weighted by Crippen LogP contribution is -2.02. The van der Waals surface area contributed by atoms with Crippen LogP contribution < -0.4 is 10.6 Å². The molecule has 2 heterocycles. The third kappa shape index (κ3) is 3.24. The molecule has 146 valence electrons. The number of carbonyl (C=O) groups is 1. The molecule has 2 N–H and O–H groups in total. The summed E-state index contributed by atoms with van der Waals surface area (Å²) >= 11 is 0. The first-order valence-electron chi connectivity index (χ1n) is 10.1. The quantitative estimate of drug-likeness (QED) is 0.666. The first-order valence-corrected chi connectivity index (χ1v) is 10.1. The third-order valence-corrected chi connectivity index (χ3v) is 5.82. The van der Waals surface area contributed by atoms with Gasteiger partial charge in [-0.25, -0.2) is 15.0 Å². The van der Waals surface area contributed by atoms with E-state index in [0.717, 1.165) is 39.9 Å². The zero-order valence-corrected chi connectivity index (χ0v) is 16.6. The van der Waals surface area contributed by atoms with Crippen LogP contribution in [-0.4, -0.2) is 27.8 Å². The second-order valence-electron chi connectivity index (χ2n) is 7.81. The van der Waals surface area contributed by atoms with Crippen LogP contribution in [0.25, 0.3) is 11.1 Å². The SMILES string of the molecule is CNc1ccc(-c2cnc(Nc3ncc(C4CC4)cn3)cc2C)c2c1C(=O)CC2. The van der Waals surface area contributed by atoms with Crippen LogP contribution in [0.15, 0.2) is 36.8 Å². The summed E-state index contributed by atoms with van der Waals surface area (Å²) in [4.78, 5) is 25.8. The molecule has 2 aliphatic carbocycles. The number of hydrogen-bond acceptors (Lipinski definition) is 6. The summed E-state index contributed by atoms with van der Waals surface area (Å²) < 4.78 is 0. The molecule has 2 aromatic heterocycles. The second kappa shape index (κ2) is 6.95. The fourth-order valence-corrected chi connectivity index (χ4v) is 4.10. The average Bonchev–Trinajstić information content (AvgIpc) is 3.51. The number of aromatic nitrogens is 3. The molecule has 0 saturated heterocycles. The highest BCUT2D eigenvalue weighted by atomic mass is 16.1. The molecule has 6 nitrogen and oxygen atoms in total. The first-order chi connectivity index (χ1) is 14.1. The normalized spacial score (nSPS) is 15.3. The van der Waals surface area contributed by atoms with Gasteiger partial charge < -0.3 is 10.6 Å². The average molecular weight is 385 g/mol. The molecule has 0 atom stereocenters. The smallest absolute Gasteiger partial charge is 0.228 e. The van der Waals surface area contributed by atoms with Gasteiger partial charge in [0.25, 0.3) is 0 Å². The van der Waals surface area contributed by atoms with Crippen LogP contribution in [0.2, 0.25) is 0 Å². The molecular weight excluding hydrogens is 362 g/mol. The Morgan fingerprint density at radius 2 is 1.79 bits per heavy atom. The third-order valence-electron chi connectivity index (χ3n) is 5.82. The molecule has 0 bridgehead atoms. The fraction of sp³-hybridized carbons (Fsp3) is 0.304.